The third-order valence-corrected chi connectivity index (χ3v) is 5.30. The van der Waals surface area contributed by atoms with E-state index >= 15 is 0 Å². The molecule has 0 aromatic heterocycles. The number of hydrogen-bond donors (Lipinski definition) is 0. The Morgan fingerprint density at radius 1 is 0.885 bits per heavy atom. The van der Waals surface area contributed by atoms with E-state index in [1.54, 1.807) is 4.90 Å². The zero-order valence-corrected chi connectivity index (χ0v) is 14.6. The van der Waals surface area contributed by atoms with Crippen molar-refractivity contribution in [3.05, 3.63) is 35.4 Å². The molecule has 1 aliphatic carbocycles. The first-order valence-electron chi connectivity index (χ1n) is 9.12. The van der Waals surface area contributed by atoms with Crippen LogP contribution in [0.5, 0.6) is 0 Å². The normalized spacial score (nSPS) is 19.5. The van der Waals surface area contributed by atoms with Crippen LogP contribution in [-0.2, 0) is 11.0 Å². The van der Waals surface area contributed by atoms with Gasteiger partial charge in [0.1, 0.15) is 0 Å². The first-order chi connectivity index (χ1) is 12.4. The fourth-order valence-corrected chi connectivity index (χ4v) is 3.82. The highest BCUT2D eigenvalue weighted by atomic mass is 19.4. The van der Waals surface area contributed by atoms with E-state index in [0.29, 0.717) is 13.1 Å². The Labute approximate surface area is 151 Å². The van der Waals surface area contributed by atoms with Crippen LogP contribution >= 0.6 is 0 Å². The summed E-state index contributed by atoms with van der Waals surface area (Å²) in [5, 5.41) is 0. The molecule has 0 unspecified atom stereocenters. The molecule has 142 valence electrons. The Bertz CT molecular complexity index is 661. The van der Waals surface area contributed by atoms with Crippen molar-refractivity contribution in [1.82, 2.24) is 9.80 Å². The molecule has 0 bridgehead atoms. The summed E-state index contributed by atoms with van der Waals surface area (Å²) >= 11 is 0. The SMILES string of the molecule is O=C(c1ccccc1C(F)(F)F)N1CCN(C(=O)C2CCCCC2)CC1. The summed E-state index contributed by atoms with van der Waals surface area (Å²) in [6.45, 7) is 1.30. The lowest BCUT2D eigenvalue weighted by Crippen LogP contribution is -2.52. The van der Waals surface area contributed by atoms with Gasteiger partial charge < -0.3 is 9.80 Å². The van der Waals surface area contributed by atoms with E-state index in [1.165, 1.54) is 29.5 Å². The zero-order chi connectivity index (χ0) is 18.7. The first-order valence-corrected chi connectivity index (χ1v) is 9.12. The van der Waals surface area contributed by atoms with Crippen LogP contribution in [-0.4, -0.2) is 47.8 Å². The number of benzene rings is 1. The number of piperazine rings is 1. The average Bonchev–Trinajstić information content (AvgIpc) is 2.67. The van der Waals surface area contributed by atoms with Gasteiger partial charge in [0.15, 0.2) is 0 Å². The number of amides is 2. The Morgan fingerprint density at radius 2 is 1.46 bits per heavy atom. The van der Waals surface area contributed by atoms with Crippen LogP contribution in [0.3, 0.4) is 0 Å². The van der Waals surface area contributed by atoms with Crippen molar-refractivity contribution in [2.45, 2.75) is 38.3 Å². The Kier molecular flexibility index (Phi) is 5.53. The molecule has 4 nitrogen and oxygen atoms in total. The molecule has 1 saturated heterocycles. The molecule has 2 fully saturated rings. The van der Waals surface area contributed by atoms with E-state index in [0.717, 1.165) is 31.7 Å². The smallest absolute Gasteiger partial charge is 0.339 e. The lowest BCUT2D eigenvalue weighted by atomic mass is 9.88. The summed E-state index contributed by atoms with van der Waals surface area (Å²) in [4.78, 5) is 28.3. The Hall–Kier alpha value is -2.05. The summed E-state index contributed by atoms with van der Waals surface area (Å²) < 4.78 is 39.4. The molecule has 0 atom stereocenters. The van der Waals surface area contributed by atoms with E-state index in [2.05, 4.69) is 0 Å². The highest BCUT2D eigenvalue weighted by Crippen LogP contribution is 2.32. The molecule has 7 heteroatoms. The fourth-order valence-electron chi connectivity index (χ4n) is 3.82. The lowest BCUT2D eigenvalue weighted by Gasteiger charge is -2.37. The minimum Gasteiger partial charge on any atom is -0.339 e. The van der Waals surface area contributed by atoms with Crippen LogP contribution in [0, 0.1) is 5.92 Å². The molecular weight excluding hydrogens is 345 g/mol. The first kappa shape index (κ1) is 18.7. The summed E-state index contributed by atoms with van der Waals surface area (Å²) in [5.74, 6) is -0.424. The molecule has 0 radical (unpaired) electrons. The van der Waals surface area contributed by atoms with Crippen LogP contribution in [0.25, 0.3) is 0 Å². The van der Waals surface area contributed by atoms with E-state index in [-0.39, 0.29) is 30.5 Å². The maximum atomic E-state index is 13.1. The number of halogens is 3. The molecule has 1 saturated carbocycles. The number of alkyl halides is 3. The van der Waals surface area contributed by atoms with Gasteiger partial charge in [-0.3, -0.25) is 9.59 Å². The Morgan fingerprint density at radius 3 is 2.08 bits per heavy atom. The van der Waals surface area contributed by atoms with Crippen molar-refractivity contribution < 1.29 is 22.8 Å². The second-order valence-corrected chi connectivity index (χ2v) is 7.00. The predicted molar refractivity (Wildman–Crippen MR) is 90.5 cm³/mol. The highest BCUT2D eigenvalue weighted by Gasteiger charge is 2.37. The number of nitrogens with zero attached hydrogens (tertiary/aromatic N) is 2. The standard InChI is InChI=1S/C19H23F3N2O2/c20-19(21,22)16-9-5-4-8-15(16)18(26)24-12-10-23(11-13-24)17(25)14-6-2-1-3-7-14/h4-5,8-9,14H,1-3,6-7,10-13H2. The zero-order valence-electron chi connectivity index (χ0n) is 14.6. The molecule has 0 N–H and O–H groups in total. The molecule has 1 aromatic carbocycles. The van der Waals surface area contributed by atoms with Crippen LogP contribution in [0.1, 0.15) is 48.0 Å². The van der Waals surface area contributed by atoms with Gasteiger partial charge in [-0.2, -0.15) is 13.2 Å². The van der Waals surface area contributed by atoms with Gasteiger partial charge in [-0.25, -0.2) is 0 Å². The molecule has 1 heterocycles. The average molecular weight is 368 g/mol. The van der Waals surface area contributed by atoms with Crippen molar-refractivity contribution in [1.29, 1.82) is 0 Å². The maximum Gasteiger partial charge on any atom is 0.417 e. The highest BCUT2D eigenvalue weighted by molar-refractivity contribution is 5.96. The topological polar surface area (TPSA) is 40.6 Å². The number of carbonyl (C=O) groups excluding carboxylic acids is 2. The molecule has 3 rings (SSSR count). The van der Waals surface area contributed by atoms with Crippen molar-refractivity contribution in [3.8, 4) is 0 Å². The van der Waals surface area contributed by atoms with E-state index in [9.17, 15) is 22.8 Å². The number of rotatable bonds is 2. The van der Waals surface area contributed by atoms with Gasteiger partial charge in [-0.05, 0) is 25.0 Å². The second-order valence-electron chi connectivity index (χ2n) is 7.00. The van der Waals surface area contributed by atoms with Crippen molar-refractivity contribution in [2.75, 3.05) is 26.2 Å². The van der Waals surface area contributed by atoms with Crippen molar-refractivity contribution in [3.63, 3.8) is 0 Å². The van der Waals surface area contributed by atoms with Gasteiger partial charge in [-0.1, -0.05) is 31.4 Å². The largest absolute Gasteiger partial charge is 0.417 e. The van der Waals surface area contributed by atoms with Crippen molar-refractivity contribution in [2.24, 2.45) is 5.92 Å². The molecule has 1 aromatic rings. The van der Waals surface area contributed by atoms with E-state index in [1.807, 2.05) is 0 Å². The maximum absolute atomic E-state index is 13.1. The molecule has 26 heavy (non-hydrogen) atoms. The predicted octanol–water partition coefficient (Wildman–Crippen LogP) is 3.57. The van der Waals surface area contributed by atoms with Gasteiger partial charge in [0.2, 0.25) is 5.91 Å². The second kappa shape index (κ2) is 7.68. The minimum atomic E-state index is -4.56. The van der Waals surface area contributed by atoms with Crippen LogP contribution in [0.2, 0.25) is 0 Å². The minimum absolute atomic E-state index is 0.0666. The molecule has 2 amide bonds. The van der Waals surface area contributed by atoms with Crippen molar-refractivity contribution >= 4 is 11.8 Å². The summed E-state index contributed by atoms with van der Waals surface area (Å²) in [6, 6.07) is 4.85. The van der Waals surface area contributed by atoms with E-state index in [4.69, 9.17) is 0 Å². The van der Waals surface area contributed by atoms with Crippen LogP contribution in [0.4, 0.5) is 13.2 Å². The lowest BCUT2D eigenvalue weighted by molar-refractivity contribution is -0.138. The molecular formula is C19H23F3N2O2. The number of carbonyl (C=O) groups is 2. The van der Waals surface area contributed by atoms with Crippen LogP contribution in [0.15, 0.2) is 24.3 Å². The Balaban J connectivity index is 1.63. The summed E-state index contributed by atoms with van der Waals surface area (Å²) in [7, 11) is 0. The van der Waals surface area contributed by atoms with Gasteiger partial charge in [0, 0.05) is 32.1 Å². The van der Waals surface area contributed by atoms with E-state index < -0.39 is 17.6 Å². The van der Waals surface area contributed by atoms with Gasteiger partial charge in [0.25, 0.3) is 5.91 Å². The summed E-state index contributed by atoms with van der Waals surface area (Å²) in [5.41, 5.74) is -1.24. The van der Waals surface area contributed by atoms with Gasteiger partial charge in [-0.15, -0.1) is 0 Å². The number of hydrogen-bond acceptors (Lipinski definition) is 2. The van der Waals surface area contributed by atoms with Crippen LogP contribution < -0.4 is 0 Å². The monoisotopic (exact) mass is 368 g/mol. The van der Waals surface area contributed by atoms with Gasteiger partial charge >= 0.3 is 6.18 Å². The third kappa shape index (κ3) is 4.02. The fraction of sp³-hybridized carbons (Fsp3) is 0.579. The third-order valence-electron chi connectivity index (χ3n) is 5.30. The molecule has 1 aliphatic heterocycles. The summed E-state index contributed by atoms with van der Waals surface area (Å²) in [6.07, 6.45) is 0.579. The molecule has 2 aliphatic rings. The molecule has 0 spiro atoms. The van der Waals surface area contributed by atoms with Gasteiger partial charge in [0.05, 0.1) is 11.1 Å². The quantitative estimate of drug-likeness (QED) is 0.801.